The molecule has 0 unspecified atom stereocenters. The SMILES string of the molecule is CCCC(=O)NN(C(=O)c1cc(C)cc(C)c1)C(C)(C)C. The summed E-state index contributed by atoms with van der Waals surface area (Å²) in [5, 5.41) is 1.43. The summed E-state index contributed by atoms with van der Waals surface area (Å²) >= 11 is 0. The van der Waals surface area contributed by atoms with E-state index in [-0.39, 0.29) is 11.8 Å². The Bertz CT molecular complexity index is 510. The molecule has 0 saturated heterocycles. The largest absolute Gasteiger partial charge is 0.273 e. The minimum absolute atomic E-state index is 0.134. The first-order valence-corrected chi connectivity index (χ1v) is 7.37. The average molecular weight is 290 g/mol. The first-order chi connectivity index (χ1) is 9.65. The molecule has 0 aliphatic heterocycles. The van der Waals surface area contributed by atoms with Gasteiger partial charge in [-0.2, -0.15) is 0 Å². The Labute approximate surface area is 127 Å². The van der Waals surface area contributed by atoms with Crippen molar-refractivity contribution in [2.75, 3.05) is 0 Å². The number of nitrogens with one attached hydrogen (secondary N) is 1. The van der Waals surface area contributed by atoms with Crippen LogP contribution >= 0.6 is 0 Å². The zero-order valence-corrected chi connectivity index (χ0v) is 13.9. The lowest BCUT2D eigenvalue weighted by Crippen LogP contribution is -2.55. The number of hydrazine groups is 1. The molecule has 0 atom stereocenters. The van der Waals surface area contributed by atoms with Crippen molar-refractivity contribution in [1.82, 2.24) is 10.4 Å². The van der Waals surface area contributed by atoms with Gasteiger partial charge in [0.2, 0.25) is 5.91 Å². The molecule has 0 bridgehead atoms. The molecule has 0 heterocycles. The molecular formula is C17H26N2O2. The number of nitrogens with zero attached hydrogens (tertiary/aromatic N) is 1. The Hall–Kier alpha value is -1.84. The molecule has 1 aromatic carbocycles. The van der Waals surface area contributed by atoms with Gasteiger partial charge in [-0.3, -0.25) is 15.0 Å². The maximum Gasteiger partial charge on any atom is 0.272 e. The van der Waals surface area contributed by atoms with E-state index in [1.807, 2.05) is 59.7 Å². The monoisotopic (exact) mass is 290 g/mol. The van der Waals surface area contributed by atoms with Gasteiger partial charge in [-0.05, 0) is 53.2 Å². The molecule has 0 aromatic heterocycles. The fraction of sp³-hybridized carbons (Fsp3) is 0.529. The molecule has 4 heteroatoms. The van der Waals surface area contributed by atoms with Crippen LogP contribution in [0.3, 0.4) is 0 Å². The first kappa shape index (κ1) is 17.2. The van der Waals surface area contributed by atoms with E-state index in [1.165, 1.54) is 5.01 Å². The minimum atomic E-state index is -0.488. The predicted octanol–water partition coefficient (Wildman–Crippen LogP) is 3.38. The van der Waals surface area contributed by atoms with Crippen LogP contribution in [0.4, 0.5) is 0 Å². The molecule has 116 valence electrons. The van der Waals surface area contributed by atoms with Crippen LogP contribution in [-0.4, -0.2) is 22.4 Å². The number of carbonyl (C=O) groups excluding carboxylic acids is 2. The Kier molecular flexibility index (Phi) is 5.53. The first-order valence-electron chi connectivity index (χ1n) is 7.37. The van der Waals surface area contributed by atoms with Crippen LogP contribution in [0.5, 0.6) is 0 Å². The minimum Gasteiger partial charge on any atom is -0.273 e. The van der Waals surface area contributed by atoms with Crippen LogP contribution in [0, 0.1) is 13.8 Å². The molecule has 2 amide bonds. The fourth-order valence-electron chi connectivity index (χ4n) is 2.16. The Morgan fingerprint density at radius 2 is 1.62 bits per heavy atom. The Morgan fingerprint density at radius 3 is 2.05 bits per heavy atom. The zero-order valence-electron chi connectivity index (χ0n) is 13.9. The smallest absolute Gasteiger partial charge is 0.272 e. The van der Waals surface area contributed by atoms with Gasteiger partial charge in [-0.15, -0.1) is 0 Å². The normalized spacial score (nSPS) is 11.1. The summed E-state index contributed by atoms with van der Waals surface area (Å²) in [6, 6.07) is 5.72. The highest BCUT2D eigenvalue weighted by Gasteiger charge is 2.29. The number of rotatable bonds is 3. The van der Waals surface area contributed by atoms with Crippen LogP contribution in [0.2, 0.25) is 0 Å². The topological polar surface area (TPSA) is 49.4 Å². The van der Waals surface area contributed by atoms with Gasteiger partial charge < -0.3 is 0 Å². The number of hydrogen-bond acceptors (Lipinski definition) is 2. The standard InChI is InChI=1S/C17H26N2O2/c1-7-8-15(20)18-19(17(4,5)6)16(21)14-10-12(2)9-13(3)11-14/h9-11H,7-8H2,1-6H3,(H,18,20). The second-order valence-electron chi connectivity index (χ2n) is 6.47. The average Bonchev–Trinajstić information content (AvgIpc) is 2.33. The second-order valence-corrected chi connectivity index (χ2v) is 6.47. The zero-order chi connectivity index (χ0) is 16.2. The van der Waals surface area contributed by atoms with Crippen molar-refractivity contribution in [3.63, 3.8) is 0 Å². The Morgan fingerprint density at radius 1 is 1.10 bits per heavy atom. The number of hydrogen-bond donors (Lipinski definition) is 1. The summed E-state index contributed by atoms with van der Waals surface area (Å²) in [5.41, 5.74) is 4.92. The highest BCUT2D eigenvalue weighted by atomic mass is 16.2. The van der Waals surface area contributed by atoms with E-state index < -0.39 is 5.54 Å². The van der Waals surface area contributed by atoms with Gasteiger partial charge in [0.05, 0.1) is 5.54 Å². The summed E-state index contributed by atoms with van der Waals surface area (Å²) in [6.07, 6.45) is 1.16. The lowest BCUT2D eigenvalue weighted by atomic mass is 10.0. The van der Waals surface area contributed by atoms with E-state index in [0.717, 1.165) is 17.5 Å². The molecule has 0 aliphatic rings. The maximum atomic E-state index is 12.7. The molecule has 21 heavy (non-hydrogen) atoms. The molecule has 0 saturated carbocycles. The number of amides is 2. The van der Waals surface area contributed by atoms with Crippen molar-refractivity contribution in [3.05, 3.63) is 34.9 Å². The lowest BCUT2D eigenvalue weighted by molar-refractivity contribution is -0.126. The molecule has 0 aliphatic carbocycles. The van der Waals surface area contributed by atoms with Gasteiger partial charge in [0.25, 0.3) is 5.91 Å². The number of carbonyl (C=O) groups is 2. The van der Waals surface area contributed by atoms with Crippen LogP contribution in [0.25, 0.3) is 0 Å². The molecule has 1 rings (SSSR count). The van der Waals surface area contributed by atoms with Gasteiger partial charge in [0.15, 0.2) is 0 Å². The van der Waals surface area contributed by atoms with Gasteiger partial charge in [-0.25, -0.2) is 5.01 Å². The fourth-order valence-corrected chi connectivity index (χ4v) is 2.16. The highest BCUT2D eigenvalue weighted by molar-refractivity contribution is 5.96. The van der Waals surface area contributed by atoms with E-state index in [4.69, 9.17) is 0 Å². The lowest BCUT2D eigenvalue weighted by Gasteiger charge is -2.35. The third-order valence-corrected chi connectivity index (χ3v) is 3.06. The van der Waals surface area contributed by atoms with Crippen molar-refractivity contribution in [2.24, 2.45) is 0 Å². The van der Waals surface area contributed by atoms with E-state index in [0.29, 0.717) is 12.0 Å². The summed E-state index contributed by atoms with van der Waals surface area (Å²) in [6.45, 7) is 11.6. The van der Waals surface area contributed by atoms with Crippen molar-refractivity contribution >= 4 is 11.8 Å². The Balaban J connectivity index is 3.08. The van der Waals surface area contributed by atoms with Crippen LogP contribution in [-0.2, 0) is 4.79 Å². The molecule has 4 nitrogen and oxygen atoms in total. The van der Waals surface area contributed by atoms with Gasteiger partial charge in [0, 0.05) is 12.0 Å². The van der Waals surface area contributed by atoms with Crippen molar-refractivity contribution < 1.29 is 9.59 Å². The second kappa shape index (κ2) is 6.74. The maximum absolute atomic E-state index is 12.7. The van der Waals surface area contributed by atoms with Crippen LogP contribution in [0.15, 0.2) is 18.2 Å². The highest BCUT2D eigenvalue weighted by Crippen LogP contribution is 2.17. The molecule has 0 radical (unpaired) electrons. The van der Waals surface area contributed by atoms with E-state index in [9.17, 15) is 9.59 Å². The van der Waals surface area contributed by atoms with Crippen LogP contribution < -0.4 is 5.43 Å². The van der Waals surface area contributed by atoms with Gasteiger partial charge in [0.1, 0.15) is 0 Å². The number of benzene rings is 1. The van der Waals surface area contributed by atoms with Crippen molar-refractivity contribution in [3.8, 4) is 0 Å². The third kappa shape index (κ3) is 4.88. The molecule has 1 aromatic rings. The predicted molar refractivity (Wildman–Crippen MR) is 84.9 cm³/mol. The summed E-state index contributed by atoms with van der Waals surface area (Å²) in [5.74, 6) is -0.316. The summed E-state index contributed by atoms with van der Waals surface area (Å²) < 4.78 is 0. The van der Waals surface area contributed by atoms with Crippen LogP contribution in [0.1, 0.15) is 62.0 Å². The third-order valence-electron chi connectivity index (χ3n) is 3.06. The van der Waals surface area contributed by atoms with Gasteiger partial charge in [-0.1, -0.05) is 24.1 Å². The summed E-state index contributed by atoms with van der Waals surface area (Å²) in [7, 11) is 0. The molecule has 0 fully saturated rings. The number of aryl methyl sites for hydroxylation is 2. The van der Waals surface area contributed by atoms with Crippen molar-refractivity contribution in [2.45, 2.75) is 59.9 Å². The van der Waals surface area contributed by atoms with E-state index in [2.05, 4.69) is 5.43 Å². The molecular weight excluding hydrogens is 264 g/mol. The quantitative estimate of drug-likeness (QED) is 0.868. The van der Waals surface area contributed by atoms with Crippen molar-refractivity contribution in [1.29, 1.82) is 0 Å². The molecule has 0 spiro atoms. The van der Waals surface area contributed by atoms with E-state index >= 15 is 0 Å². The summed E-state index contributed by atoms with van der Waals surface area (Å²) in [4.78, 5) is 24.6. The molecule has 1 N–H and O–H groups in total. The van der Waals surface area contributed by atoms with Gasteiger partial charge >= 0.3 is 0 Å². The van der Waals surface area contributed by atoms with E-state index in [1.54, 1.807) is 0 Å².